The van der Waals surface area contributed by atoms with Crippen molar-refractivity contribution >= 4 is 33.2 Å². The summed E-state index contributed by atoms with van der Waals surface area (Å²) >= 11 is 5.20. The number of nitrogens with two attached hydrogens (primary N) is 1. The van der Waals surface area contributed by atoms with Crippen molar-refractivity contribution in [3.05, 3.63) is 20.8 Å². The number of carbonyl (C=O) groups is 1. The number of methoxy groups -OCH3 is 1. The van der Waals surface area contributed by atoms with E-state index in [4.69, 9.17) is 10.5 Å². The maximum absolute atomic E-state index is 12.3. The smallest absolute Gasteiger partial charge is 0.223 e. The van der Waals surface area contributed by atoms with Gasteiger partial charge in [-0.2, -0.15) is 0 Å². The van der Waals surface area contributed by atoms with Crippen molar-refractivity contribution in [2.24, 2.45) is 5.73 Å². The second-order valence-electron chi connectivity index (χ2n) is 4.71. The topological polar surface area (TPSA) is 55.6 Å². The lowest BCUT2D eigenvalue weighted by molar-refractivity contribution is -0.133. The quantitative estimate of drug-likeness (QED) is 0.911. The van der Waals surface area contributed by atoms with E-state index >= 15 is 0 Å². The predicted molar refractivity (Wildman–Crippen MR) is 80.2 cm³/mol. The van der Waals surface area contributed by atoms with E-state index in [9.17, 15) is 4.79 Å². The van der Waals surface area contributed by atoms with Crippen molar-refractivity contribution in [3.8, 4) is 0 Å². The highest BCUT2D eigenvalue weighted by atomic mass is 79.9. The predicted octanol–water partition coefficient (Wildman–Crippen LogP) is 2.54. The number of thiophene rings is 1. The zero-order valence-corrected chi connectivity index (χ0v) is 13.4. The molecule has 1 saturated heterocycles. The van der Waals surface area contributed by atoms with Gasteiger partial charge in [-0.1, -0.05) is 0 Å². The lowest BCUT2D eigenvalue weighted by Gasteiger charge is -2.33. The number of likely N-dealkylation sites (tertiary alicyclic amines) is 1. The van der Waals surface area contributed by atoms with Crippen LogP contribution in [0.3, 0.4) is 0 Å². The molecule has 0 bridgehead atoms. The Hall–Kier alpha value is -0.430. The Morgan fingerprint density at radius 2 is 2.42 bits per heavy atom. The van der Waals surface area contributed by atoms with Crippen molar-refractivity contribution in [1.82, 2.24) is 4.90 Å². The van der Waals surface area contributed by atoms with Crippen molar-refractivity contribution in [3.63, 3.8) is 0 Å². The minimum absolute atomic E-state index is 0.0155. The summed E-state index contributed by atoms with van der Waals surface area (Å²) in [7, 11) is 1.65. The SMILES string of the molecule is COCCN1C(=O)CCCC(N)C1c1sccc1Br. The van der Waals surface area contributed by atoms with Gasteiger partial charge < -0.3 is 15.4 Å². The third kappa shape index (κ3) is 3.37. The summed E-state index contributed by atoms with van der Waals surface area (Å²) in [5, 5.41) is 2.02. The molecule has 2 heterocycles. The zero-order chi connectivity index (χ0) is 13.8. The van der Waals surface area contributed by atoms with Crippen LogP contribution in [0.25, 0.3) is 0 Å². The summed E-state index contributed by atoms with van der Waals surface area (Å²) in [5.41, 5.74) is 6.31. The summed E-state index contributed by atoms with van der Waals surface area (Å²) in [6.45, 7) is 1.13. The van der Waals surface area contributed by atoms with Gasteiger partial charge in [0.2, 0.25) is 5.91 Å². The van der Waals surface area contributed by atoms with Crippen LogP contribution in [0.1, 0.15) is 30.2 Å². The molecule has 4 nitrogen and oxygen atoms in total. The first-order valence-electron chi connectivity index (χ1n) is 6.42. The van der Waals surface area contributed by atoms with Crippen LogP contribution in [0.15, 0.2) is 15.9 Å². The van der Waals surface area contributed by atoms with Crippen LogP contribution < -0.4 is 5.73 Å². The first-order valence-corrected chi connectivity index (χ1v) is 8.09. The van der Waals surface area contributed by atoms with Crippen LogP contribution in [0.5, 0.6) is 0 Å². The molecule has 1 aliphatic heterocycles. The molecule has 0 radical (unpaired) electrons. The van der Waals surface area contributed by atoms with Crippen molar-refractivity contribution in [1.29, 1.82) is 0 Å². The van der Waals surface area contributed by atoms with Gasteiger partial charge >= 0.3 is 0 Å². The molecule has 2 atom stereocenters. The average Bonchev–Trinajstić information content (AvgIpc) is 2.74. The Balaban J connectivity index is 2.31. The fourth-order valence-electron chi connectivity index (χ4n) is 2.48. The van der Waals surface area contributed by atoms with Crippen LogP contribution in [0.4, 0.5) is 0 Å². The third-order valence-electron chi connectivity index (χ3n) is 3.44. The third-order valence-corrected chi connectivity index (χ3v) is 5.38. The molecule has 2 rings (SSSR count). The number of halogens is 1. The molecule has 19 heavy (non-hydrogen) atoms. The van der Waals surface area contributed by atoms with Gasteiger partial charge in [-0.25, -0.2) is 0 Å². The lowest BCUT2D eigenvalue weighted by Crippen LogP contribution is -2.43. The second-order valence-corrected chi connectivity index (χ2v) is 6.52. The Labute approximate surface area is 126 Å². The van der Waals surface area contributed by atoms with E-state index in [0.717, 1.165) is 22.2 Å². The molecule has 106 valence electrons. The molecule has 0 aromatic carbocycles. The van der Waals surface area contributed by atoms with E-state index in [-0.39, 0.29) is 18.0 Å². The van der Waals surface area contributed by atoms with Gasteiger partial charge in [-0.05, 0) is 40.2 Å². The fraction of sp³-hybridized carbons (Fsp3) is 0.615. The van der Waals surface area contributed by atoms with Crippen LogP contribution in [-0.2, 0) is 9.53 Å². The molecule has 0 aliphatic carbocycles. The number of ether oxygens (including phenoxy) is 1. The Morgan fingerprint density at radius 1 is 1.63 bits per heavy atom. The molecule has 1 amide bonds. The summed E-state index contributed by atoms with van der Waals surface area (Å²) in [4.78, 5) is 15.3. The maximum Gasteiger partial charge on any atom is 0.223 e. The molecule has 0 spiro atoms. The van der Waals surface area contributed by atoms with E-state index in [0.29, 0.717) is 19.6 Å². The molecule has 1 aliphatic rings. The lowest BCUT2D eigenvalue weighted by atomic mass is 10.0. The fourth-order valence-corrected chi connectivity index (χ4v) is 4.28. The number of carbonyl (C=O) groups excluding carboxylic acids is 1. The number of hydrogen-bond acceptors (Lipinski definition) is 4. The molecule has 6 heteroatoms. The van der Waals surface area contributed by atoms with Gasteiger partial charge in [0, 0.05) is 35.5 Å². The van der Waals surface area contributed by atoms with Crippen LogP contribution in [0.2, 0.25) is 0 Å². The highest BCUT2D eigenvalue weighted by molar-refractivity contribution is 9.10. The average molecular weight is 347 g/mol. The first-order chi connectivity index (χ1) is 9.15. The van der Waals surface area contributed by atoms with Gasteiger partial charge in [-0.15, -0.1) is 11.3 Å². The Kier molecular flexibility index (Phi) is 5.38. The summed E-state index contributed by atoms with van der Waals surface area (Å²) < 4.78 is 6.16. The molecule has 0 saturated carbocycles. The summed E-state index contributed by atoms with van der Waals surface area (Å²) in [6.07, 6.45) is 2.32. The van der Waals surface area contributed by atoms with Gasteiger partial charge in [-0.3, -0.25) is 4.79 Å². The maximum atomic E-state index is 12.3. The van der Waals surface area contributed by atoms with Crippen molar-refractivity contribution < 1.29 is 9.53 Å². The first kappa shape index (κ1) is 15.0. The second kappa shape index (κ2) is 6.83. The molecule has 1 aromatic heterocycles. The van der Waals surface area contributed by atoms with E-state index in [2.05, 4.69) is 15.9 Å². The number of hydrogen-bond donors (Lipinski definition) is 1. The van der Waals surface area contributed by atoms with Gasteiger partial charge in [0.1, 0.15) is 0 Å². The van der Waals surface area contributed by atoms with E-state index in [1.54, 1.807) is 18.4 Å². The number of amides is 1. The summed E-state index contributed by atoms with van der Waals surface area (Å²) in [5.74, 6) is 0.176. The minimum Gasteiger partial charge on any atom is -0.383 e. The Morgan fingerprint density at radius 3 is 3.05 bits per heavy atom. The molecular weight excluding hydrogens is 328 g/mol. The van der Waals surface area contributed by atoms with E-state index in [1.165, 1.54) is 0 Å². The van der Waals surface area contributed by atoms with Crippen molar-refractivity contribution in [2.45, 2.75) is 31.3 Å². The highest BCUT2D eigenvalue weighted by Crippen LogP contribution is 2.37. The van der Waals surface area contributed by atoms with Crippen molar-refractivity contribution in [2.75, 3.05) is 20.3 Å². The normalized spacial score (nSPS) is 24.6. The van der Waals surface area contributed by atoms with E-state index in [1.807, 2.05) is 16.3 Å². The van der Waals surface area contributed by atoms with Gasteiger partial charge in [0.15, 0.2) is 0 Å². The minimum atomic E-state index is -0.0421. The van der Waals surface area contributed by atoms with Gasteiger partial charge in [0.05, 0.1) is 12.6 Å². The molecular formula is C13H19BrN2O2S. The zero-order valence-electron chi connectivity index (χ0n) is 11.0. The van der Waals surface area contributed by atoms with Crippen LogP contribution in [0, 0.1) is 0 Å². The van der Waals surface area contributed by atoms with Gasteiger partial charge in [0.25, 0.3) is 0 Å². The van der Waals surface area contributed by atoms with E-state index < -0.39 is 0 Å². The van der Waals surface area contributed by atoms with Crippen LogP contribution >= 0.6 is 27.3 Å². The molecule has 1 aromatic rings. The highest BCUT2D eigenvalue weighted by Gasteiger charge is 2.34. The van der Waals surface area contributed by atoms with Crippen LogP contribution in [-0.4, -0.2) is 37.1 Å². The molecule has 2 N–H and O–H groups in total. The number of rotatable bonds is 4. The molecule has 2 unspecified atom stereocenters. The standard InChI is InChI=1S/C13H19BrN2O2S/c1-18-7-6-16-11(17)4-2-3-10(15)12(16)13-9(14)5-8-19-13/h5,8,10,12H,2-4,6-7,15H2,1H3. The number of nitrogens with zero attached hydrogens (tertiary/aromatic N) is 1. The largest absolute Gasteiger partial charge is 0.383 e. The monoisotopic (exact) mass is 346 g/mol. The molecule has 1 fully saturated rings. The summed E-state index contributed by atoms with van der Waals surface area (Å²) in [6, 6.07) is 1.95. The Bertz CT molecular complexity index is 438.